The number of nitrogens with one attached hydrogen (secondary N) is 1. The van der Waals surface area contributed by atoms with Crippen LogP contribution < -0.4 is 14.2 Å². The predicted octanol–water partition coefficient (Wildman–Crippen LogP) is 3.74. The molecule has 2 aromatic carbocycles. The molecular formula is C20H19FN2O4S. The number of benzene rings is 2. The summed E-state index contributed by atoms with van der Waals surface area (Å²) in [5, 5.41) is 0. The van der Waals surface area contributed by atoms with Gasteiger partial charge in [-0.25, -0.2) is 22.5 Å². The van der Waals surface area contributed by atoms with E-state index in [9.17, 15) is 12.8 Å². The van der Waals surface area contributed by atoms with Crippen molar-refractivity contribution in [2.75, 3.05) is 13.4 Å². The van der Waals surface area contributed by atoms with Gasteiger partial charge in [0.15, 0.2) is 11.6 Å². The Bertz CT molecular complexity index is 1090. The molecule has 0 saturated carbocycles. The molecule has 0 atom stereocenters. The second-order valence-corrected chi connectivity index (χ2v) is 7.86. The van der Waals surface area contributed by atoms with E-state index in [1.807, 2.05) is 0 Å². The summed E-state index contributed by atoms with van der Waals surface area (Å²) in [4.78, 5) is 4.36. The van der Waals surface area contributed by atoms with Crippen LogP contribution in [0.4, 0.5) is 4.39 Å². The number of aromatic nitrogens is 1. The van der Waals surface area contributed by atoms with Gasteiger partial charge in [0, 0.05) is 18.2 Å². The summed E-state index contributed by atoms with van der Waals surface area (Å²) in [5.41, 5.74) is 1.44. The maximum absolute atomic E-state index is 14.5. The molecule has 0 aliphatic carbocycles. The van der Waals surface area contributed by atoms with Crippen molar-refractivity contribution in [3.8, 4) is 28.6 Å². The maximum Gasteiger partial charge on any atom is 0.219 e. The summed E-state index contributed by atoms with van der Waals surface area (Å²) in [6.07, 6.45) is 1.10. The number of nitrogens with zero attached hydrogens (tertiary/aromatic N) is 1. The molecule has 0 saturated heterocycles. The number of sulfonamides is 1. The molecule has 1 N–H and O–H groups in total. The van der Waals surface area contributed by atoms with E-state index in [2.05, 4.69) is 9.71 Å². The van der Waals surface area contributed by atoms with E-state index < -0.39 is 15.8 Å². The van der Waals surface area contributed by atoms with Crippen LogP contribution in [0.1, 0.15) is 5.56 Å². The molecule has 0 bridgehead atoms. The third-order valence-electron chi connectivity index (χ3n) is 3.84. The zero-order valence-corrected chi connectivity index (χ0v) is 16.2. The Balaban J connectivity index is 1.82. The summed E-state index contributed by atoms with van der Waals surface area (Å²) < 4.78 is 50.2. The van der Waals surface area contributed by atoms with Crippen LogP contribution in [0.5, 0.6) is 17.4 Å². The molecule has 0 aliphatic heterocycles. The SMILES string of the molecule is COc1cccc(-c2cccc(Oc3cccc(CNS(C)(=O)=O)c3)n2)c1F. The molecule has 8 heteroatoms. The first-order valence-electron chi connectivity index (χ1n) is 8.37. The number of hydrogen-bond acceptors (Lipinski definition) is 5. The van der Waals surface area contributed by atoms with Gasteiger partial charge in [0.1, 0.15) is 5.75 Å². The van der Waals surface area contributed by atoms with Crippen LogP contribution in [0.25, 0.3) is 11.3 Å². The highest BCUT2D eigenvalue weighted by Crippen LogP contribution is 2.29. The van der Waals surface area contributed by atoms with Gasteiger partial charge in [0.05, 0.1) is 19.1 Å². The first-order valence-corrected chi connectivity index (χ1v) is 10.3. The minimum Gasteiger partial charge on any atom is -0.494 e. The summed E-state index contributed by atoms with van der Waals surface area (Å²) in [6.45, 7) is 0.151. The van der Waals surface area contributed by atoms with Gasteiger partial charge in [-0.2, -0.15) is 0 Å². The minimum atomic E-state index is -3.29. The molecule has 0 aliphatic rings. The third kappa shape index (κ3) is 5.05. The number of pyridine rings is 1. The summed E-state index contributed by atoms with van der Waals surface area (Å²) in [7, 11) is -1.89. The number of halogens is 1. The Morgan fingerprint density at radius 1 is 1.07 bits per heavy atom. The number of ether oxygens (including phenoxy) is 2. The van der Waals surface area contributed by atoms with Crippen LogP contribution in [0.15, 0.2) is 60.7 Å². The van der Waals surface area contributed by atoms with Crippen LogP contribution >= 0.6 is 0 Å². The molecule has 0 unspecified atom stereocenters. The van der Waals surface area contributed by atoms with Gasteiger partial charge in [-0.15, -0.1) is 0 Å². The van der Waals surface area contributed by atoms with E-state index in [-0.39, 0.29) is 18.2 Å². The highest BCUT2D eigenvalue weighted by atomic mass is 32.2. The summed E-state index contributed by atoms with van der Waals surface area (Å²) in [5.74, 6) is 0.414. The quantitative estimate of drug-likeness (QED) is 0.651. The standard InChI is InChI=1S/C20H19FN2O4S/c1-26-18-10-4-8-16(20(18)21)17-9-5-11-19(23-17)27-15-7-3-6-14(12-15)13-22-28(2,24)25/h3-12,22H,13H2,1-2H3. The van der Waals surface area contributed by atoms with Crippen LogP contribution in [0.2, 0.25) is 0 Å². The zero-order valence-electron chi connectivity index (χ0n) is 15.3. The number of rotatable bonds is 7. The van der Waals surface area contributed by atoms with Crippen LogP contribution in [0.3, 0.4) is 0 Å². The Labute approximate surface area is 163 Å². The lowest BCUT2D eigenvalue weighted by molar-refractivity contribution is 0.387. The molecule has 146 valence electrons. The van der Waals surface area contributed by atoms with Crippen molar-refractivity contribution in [2.24, 2.45) is 0 Å². The van der Waals surface area contributed by atoms with Gasteiger partial charge >= 0.3 is 0 Å². The van der Waals surface area contributed by atoms with Crippen molar-refractivity contribution >= 4 is 10.0 Å². The van der Waals surface area contributed by atoms with Crippen molar-refractivity contribution in [2.45, 2.75) is 6.54 Å². The van der Waals surface area contributed by atoms with Crippen molar-refractivity contribution in [3.05, 3.63) is 72.0 Å². The fraction of sp³-hybridized carbons (Fsp3) is 0.150. The predicted molar refractivity (Wildman–Crippen MR) is 104 cm³/mol. The second kappa shape index (κ2) is 8.37. The minimum absolute atomic E-state index is 0.136. The Kier molecular flexibility index (Phi) is 5.91. The zero-order chi connectivity index (χ0) is 20.1. The number of hydrogen-bond donors (Lipinski definition) is 1. The fourth-order valence-electron chi connectivity index (χ4n) is 2.54. The van der Waals surface area contributed by atoms with Gasteiger partial charge in [0.25, 0.3) is 0 Å². The van der Waals surface area contributed by atoms with Gasteiger partial charge < -0.3 is 9.47 Å². The summed E-state index contributed by atoms with van der Waals surface area (Å²) in [6, 6.07) is 16.8. The van der Waals surface area contributed by atoms with Gasteiger partial charge in [0.2, 0.25) is 15.9 Å². The fourth-order valence-corrected chi connectivity index (χ4v) is 2.97. The van der Waals surface area contributed by atoms with Crippen molar-refractivity contribution < 1.29 is 22.3 Å². The first-order chi connectivity index (χ1) is 13.4. The Hall–Kier alpha value is -2.97. The Morgan fingerprint density at radius 3 is 2.57 bits per heavy atom. The molecular weight excluding hydrogens is 383 g/mol. The first kappa shape index (κ1) is 19.8. The molecule has 0 amide bonds. The second-order valence-electron chi connectivity index (χ2n) is 6.03. The molecule has 1 aromatic heterocycles. The summed E-state index contributed by atoms with van der Waals surface area (Å²) >= 11 is 0. The molecule has 0 fully saturated rings. The highest BCUT2D eigenvalue weighted by molar-refractivity contribution is 7.88. The van der Waals surface area contributed by atoms with E-state index in [0.29, 0.717) is 17.0 Å². The van der Waals surface area contributed by atoms with E-state index >= 15 is 0 Å². The normalized spacial score (nSPS) is 11.2. The molecule has 1 heterocycles. The topological polar surface area (TPSA) is 77.5 Å². The van der Waals surface area contributed by atoms with E-state index in [1.54, 1.807) is 54.6 Å². The molecule has 0 spiro atoms. The largest absolute Gasteiger partial charge is 0.494 e. The van der Waals surface area contributed by atoms with Gasteiger partial charge in [-0.3, -0.25) is 0 Å². The monoisotopic (exact) mass is 402 g/mol. The van der Waals surface area contributed by atoms with Crippen molar-refractivity contribution in [1.29, 1.82) is 0 Å². The lowest BCUT2D eigenvalue weighted by atomic mass is 10.1. The molecule has 3 aromatic rings. The lowest BCUT2D eigenvalue weighted by Gasteiger charge is -2.10. The highest BCUT2D eigenvalue weighted by Gasteiger charge is 2.12. The van der Waals surface area contributed by atoms with Crippen LogP contribution in [-0.4, -0.2) is 26.8 Å². The van der Waals surface area contributed by atoms with E-state index in [1.165, 1.54) is 13.2 Å². The molecule has 3 rings (SSSR count). The van der Waals surface area contributed by atoms with Crippen molar-refractivity contribution in [3.63, 3.8) is 0 Å². The molecule has 6 nitrogen and oxygen atoms in total. The average Bonchev–Trinajstić information content (AvgIpc) is 2.66. The number of methoxy groups -OCH3 is 1. The van der Waals surface area contributed by atoms with E-state index in [0.717, 1.165) is 11.8 Å². The molecule has 0 radical (unpaired) electrons. The third-order valence-corrected chi connectivity index (χ3v) is 4.51. The lowest BCUT2D eigenvalue weighted by Crippen LogP contribution is -2.21. The van der Waals surface area contributed by atoms with Gasteiger partial charge in [-0.05, 0) is 35.9 Å². The maximum atomic E-state index is 14.5. The van der Waals surface area contributed by atoms with Crippen LogP contribution in [0, 0.1) is 5.82 Å². The molecule has 28 heavy (non-hydrogen) atoms. The average molecular weight is 402 g/mol. The smallest absolute Gasteiger partial charge is 0.219 e. The van der Waals surface area contributed by atoms with Crippen molar-refractivity contribution in [1.82, 2.24) is 9.71 Å². The Morgan fingerprint density at radius 2 is 1.82 bits per heavy atom. The van der Waals surface area contributed by atoms with Gasteiger partial charge in [-0.1, -0.05) is 24.3 Å². The van der Waals surface area contributed by atoms with E-state index in [4.69, 9.17) is 9.47 Å². The van der Waals surface area contributed by atoms with Crippen LogP contribution in [-0.2, 0) is 16.6 Å².